The zero-order valence-electron chi connectivity index (χ0n) is 9.05. The van der Waals surface area contributed by atoms with E-state index in [4.69, 9.17) is 15.9 Å². The van der Waals surface area contributed by atoms with Crippen molar-refractivity contribution in [1.82, 2.24) is 4.98 Å². The summed E-state index contributed by atoms with van der Waals surface area (Å²) in [5.41, 5.74) is 6.93. The Morgan fingerprint density at radius 2 is 2.19 bits per heavy atom. The number of nitrogen functional groups attached to an aromatic ring is 1. The number of ether oxygens (including phenoxy) is 1. The molecule has 1 rings (SSSR count). The number of aromatic nitrogens is 1. The van der Waals surface area contributed by atoms with Gasteiger partial charge in [-0.15, -0.1) is 0 Å². The average molecular weight is 229 g/mol. The fourth-order valence-corrected chi connectivity index (χ4v) is 1.38. The van der Waals surface area contributed by atoms with Crippen molar-refractivity contribution in [3.05, 3.63) is 22.9 Å². The second-order valence-electron chi connectivity index (χ2n) is 3.38. The molecule has 0 spiro atoms. The first-order valence-corrected chi connectivity index (χ1v) is 4.65. The maximum absolute atomic E-state index is 12.0. The van der Waals surface area contributed by atoms with Crippen LogP contribution in [0.1, 0.15) is 16.8 Å². The Kier molecular flexibility index (Phi) is 3.76. The summed E-state index contributed by atoms with van der Waals surface area (Å²) < 4.78 is 28.9. The van der Waals surface area contributed by atoms with Crippen molar-refractivity contribution in [2.24, 2.45) is 5.73 Å². The molecule has 6 heteroatoms. The van der Waals surface area contributed by atoms with Crippen LogP contribution in [0.2, 0.25) is 0 Å². The third-order valence-corrected chi connectivity index (χ3v) is 1.93. The highest BCUT2D eigenvalue weighted by molar-refractivity contribution is 5.98. The van der Waals surface area contributed by atoms with Crippen LogP contribution in [-0.4, -0.2) is 23.9 Å². The van der Waals surface area contributed by atoms with E-state index in [1.165, 1.54) is 0 Å². The molecule has 88 valence electrons. The lowest BCUT2D eigenvalue weighted by atomic mass is 10.1. The SMILES string of the molecule is Cc1cc(C)c(C(=N)N)c(OCC(F)F)n1. The van der Waals surface area contributed by atoms with Gasteiger partial charge in [-0.1, -0.05) is 0 Å². The Balaban J connectivity index is 3.09. The van der Waals surface area contributed by atoms with Gasteiger partial charge in [0.1, 0.15) is 5.84 Å². The minimum Gasteiger partial charge on any atom is -0.471 e. The van der Waals surface area contributed by atoms with Gasteiger partial charge in [0.05, 0.1) is 5.56 Å². The summed E-state index contributed by atoms with van der Waals surface area (Å²) in [6.45, 7) is 2.68. The molecule has 4 nitrogen and oxygen atoms in total. The lowest BCUT2D eigenvalue weighted by molar-refractivity contribution is 0.0793. The first-order chi connectivity index (χ1) is 7.41. The van der Waals surface area contributed by atoms with Gasteiger partial charge in [-0.05, 0) is 25.5 Å². The number of alkyl halides is 2. The average Bonchev–Trinajstić information content (AvgIpc) is 2.12. The third kappa shape index (κ3) is 2.88. The monoisotopic (exact) mass is 229 g/mol. The van der Waals surface area contributed by atoms with Gasteiger partial charge >= 0.3 is 0 Å². The maximum Gasteiger partial charge on any atom is 0.272 e. The summed E-state index contributed by atoms with van der Waals surface area (Å²) in [4.78, 5) is 3.95. The molecule has 1 heterocycles. The van der Waals surface area contributed by atoms with E-state index >= 15 is 0 Å². The van der Waals surface area contributed by atoms with Crippen LogP contribution in [0.15, 0.2) is 6.07 Å². The van der Waals surface area contributed by atoms with Crippen molar-refractivity contribution in [1.29, 1.82) is 5.41 Å². The van der Waals surface area contributed by atoms with Crippen molar-refractivity contribution >= 4 is 5.84 Å². The summed E-state index contributed by atoms with van der Waals surface area (Å²) in [6, 6.07) is 1.71. The molecule has 0 bridgehead atoms. The van der Waals surface area contributed by atoms with Gasteiger partial charge in [0, 0.05) is 5.69 Å². The van der Waals surface area contributed by atoms with Crippen LogP contribution in [0.4, 0.5) is 8.78 Å². The topological polar surface area (TPSA) is 72.0 Å². The minimum atomic E-state index is -2.58. The molecule has 1 aromatic heterocycles. The Morgan fingerprint density at radius 3 is 2.69 bits per heavy atom. The van der Waals surface area contributed by atoms with Gasteiger partial charge in [-0.25, -0.2) is 13.8 Å². The molecular weight excluding hydrogens is 216 g/mol. The van der Waals surface area contributed by atoms with Crippen molar-refractivity contribution in [3.8, 4) is 5.88 Å². The third-order valence-electron chi connectivity index (χ3n) is 1.93. The highest BCUT2D eigenvalue weighted by Crippen LogP contribution is 2.20. The molecule has 16 heavy (non-hydrogen) atoms. The Labute approximate surface area is 91.9 Å². The lowest BCUT2D eigenvalue weighted by Crippen LogP contribution is -2.18. The molecule has 0 atom stereocenters. The smallest absolute Gasteiger partial charge is 0.272 e. The van der Waals surface area contributed by atoms with Crippen LogP contribution in [0.3, 0.4) is 0 Å². The number of nitrogens with two attached hydrogens (primary N) is 1. The second kappa shape index (κ2) is 4.87. The maximum atomic E-state index is 12.0. The van der Waals surface area contributed by atoms with Crippen LogP contribution in [0.5, 0.6) is 5.88 Å². The van der Waals surface area contributed by atoms with Crippen molar-refractivity contribution in [2.75, 3.05) is 6.61 Å². The van der Waals surface area contributed by atoms with E-state index in [1.807, 2.05) is 0 Å². The Hall–Kier alpha value is -1.72. The molecular formula is C10H13F2N3O. The number of pyridine rings is 1. The number of hydrogen-bond donors (Lipinski definition) is 2. The fourth-order valence-electron chi connectivity index (χ4n) is 1.38. The van der Waals surface area contributed by atoms with Crippen LogP contribution >= 0.6 is 0 Å². The standard InChI is InChI=1S/C10H13F2N3O/c1-5-3-6(2)15-10(8(5)9(13)14)16-4-7(11)12/h3,7H,4H2,1-2H3,(H3,13,14). The van der Waals surface area contributed by atoms with Gasteiger partial charge in [0.15, 0.2) is 6.61 Å². The zero-order chi connectivity index (χ0) is 12.3. The predicted molar refractivity (Wildman–Crippen MR) is 56.2 cm³/mol. The molecule has 0 radical (unpaired) electrons. The van der Waals surface area contributed by atoms with E-state index in [0.29, 0.717) is 11.3 Å². The highest BCUT2D eigenvalue weighted by atomic mass is 19.3. The van der Waals surface area contributed by atoms with Gasteiger partial charge in [-0.3, -0.25) is 5.41 Å². The molecule has 0 unspecified atom stereocenters. The largest absolute Gasteiger partial charge is 0.471 e. The number of hydrogen-bond acceptors (Lipinski definition) is 3. The van der Waals surface area contributed by atoms with Gasteiger partial charge < -0.3 is 10.5 Å². The van der Waals surface area contributed by atoms with Crippen LogP contribution in [0.25, 0.3) is 0 Å². The normalized spacial score (nSPS) is 10.6. The number of nitrogens with zero attached hydrogens (tertiary/aromatic N) is 1. The number of rotatable bonds is 4. The quantitative estimate of drug-likeness (QED) is 0.608. The van der Waals surface area contributed by atoms with E-state index < -0.39 is 13.0 Å². The first kappa shape index (κ1) is 12.4. The number of halogens is 2. The molecule has 0 aliphatic heterocycles. The van der Waals surface area contributed by atoms with Crippen LogP contribution in [0, 0.1) is 19.3 Å². The van der Waals surface area contributed by atoms with Crippen LogP contribution in [-0.2, 0) is 0 Å². The van der Waals surface area contributed by atoms with Gasteiger partial charge in [0.25, 0.3) is 6.43 Å². The summed E-state index contributed by atoms with van der Waals surface area (Å²) in [5.74, 6) is -0.250. The zero-order valence-corrected chi connectivity index (χ0v) is 9.05. The molecule has 0 fully saturated rings. The van der Waals surface area contributed by atoms with Crippen LogP contribution < -0.4 is 10.5 Å². The van der Waals surface area contributed by atoms with Crippen molar-refractivity contribution < 1.29 is 13.5 Å². The van der Waals surface area contributed by atoms with Gasteiger partial charge in [-0.2, -0.15) is 0 Å². The summed E-state index contributed by atoms with van der Waals surface area (Å²) in [7, 11) is 0. The van der Waals surface area contributed by atoms with E-state index in [-0.39, 0.29) is 17.3 Å². The summed E-state index contributed by atoms with van der Waals surface area (Å²) >= 11 is 0. The molecule has 0 aromatic carbocycles. The highest BCUT2D eigenvalue weighted by Gasteiger charge is 2.14. The molecule has 1 aromatic rings. The van der Waals surface area contributed by atoms with E-state index in [0.717, 1.165) is 0 Å². The van der Waals surface area contributed by atoms with Crippen molar-refractivity contribution in [2.45, 2.75) is 20.3 Å². The fraction of sp³-hybridized carbons (Fsp3) is 0.400. The predicted octanol–water partition coefficient (Wildman–Crippen LogP) is 1.63. The first-order valence-electron chi connectivity index (χ1n) is 4.65. The lowest BCUT2D eigenvalue weighted by Gasteiger charge is -2.12. The minimum absolute atomic E-state index is 0.00898. The van der Waals surface area contributed by atoms with E-state index in [2.05, 4.69) is 4.98 Å². The molecule has 0 saturated heterocycles. The van der Waals surface area contributed by atoms with Gasteiger partial charge in [0.2, 0.25) is 5.88 Å². The number of nitrogens with one attached hydrogen (secondary N) is 1. The van der Waals surface area contributed by atoms with Crippen molar-refractivity contribution in [3.63, 3.8) is 0 Å². The Bertz CT molecular complexity index is 407. The molecule has 0 saturated carbocycles. The van der Waals surface area contributed by atoms with E-state index in [1.54, 1.807) is 19.9 Å². The molecule has 0 amide bonds. The molecule has 0 aliphatic carbocycles. The Morgan fingerprint density at radius 1 is 1.56 bits per heavy atom. The summed E-state index contributed by atoms with van der Waals surface area (Å²) in [6.07, 6.45) is -2.58. The summed E-state index contributed by atoms with van der Waals surface area (Å²) in [5, 5.41) is 7.34. The second-order valence-corrected chi connectivity index (χ2v) is 3.38. The number of aryl methyl sites for hydroxylation is 2. The molecule has 3 N–H and O–H groups in total. The molecule has 0 aliphatic rings. The number of amidine groups is 1. The van der Waals surface area contributed by atoms with E-state index in [9.17, 15) is 8.78 Å².